The van der Waals surface area contributed by atoms with Gasteiger partial charge in [0.05, 0.1) is 12.5 Å². The zero-order valence-corrected chi connectivity index (χ0v) is 15.2. The lowest BCUT2D eigenvalue weighted by molar-refractivity contribution is 0.153. The van der Waals surface area contributed by atoms with Crippen molar-refractivity contribution in [2.24, 2.45) is 0 Å². The average Bonchev–Trinajstić information content (AvgIpc) is 2.99. The Morgan fingerprint density at radius 1 is 1.12 bits per heavy atom. The molecule has 0 amide bonds. The van der Waals surface area contributed by atoms with E-state index in [1.54, 1.807) is 0 Å². The van der Waals surface area contributed by atoms with Crippen molar-refractivity contribution >= 4 is 10.9 Å². The lowest BCUT2D eigenvalue weighted by Crippen LogP contribution is -2.45. The molecule has 1 saturated heterocycles. The van der Waals surface area contributed by atoms with Crippen LogP contribution in [0.5, 0.6) is 0 Å². The summed E-state index contributed by atoms with van der Waals surface area (Å²) in [4.78, 5) is 4.96. The number of aromatic nitrogens is 1. The fourth-order valence-electron chi connectivity index (χ4n) is 3.54. The van der Waals surface area contributed by atoms with Gasteiger partial charge in [0.1, 0.15) is 0 Å². The van der Waals surface area contributed by atoms with Crippen LogP contribution in [0.25, 0.3) is 10.9 Å². The van der Waals surface area contributed by atoms with E-state index < -0.39 is 0 Å². The molecule has 0 bridgehead atoms. The summed E-state index contributed by atoms with van der Waals surface area (Å²) in [7, 11) is 2.20. The summed E-state index contributed by atoms with van der Waals surface area (Å²) in [6.45, 7) is 8.66. The average molecular weight is 339 g/mol. The summed E-state index contributed by atoms with van der Waals surface area (Å²) in [6.07, 6.45) is 3.95. The van der Waals surface area contributed by atoms with Crippen molar-refractivity contribution in [3.05, 3.63) is 36.0 Å². The number of aryl methyl sites for hydroxylation is 1. The number of benzene rings is 1. The third kappa shape index (κ3) is 4.82. The largest absolute Gasteiger partial charge is 0.346 e. The van der Waals surface area contributed by atoms with Gasteiger partial charge < -0.3 is 19.7 Å². The molecule has 0 radical (unpaired) electrons. The molecule has 0 saturated carbocycles. The van der Waals surface area contributed by atoms with Gasteiger partial charge in [0.2, 0.25) is 0 Å². The first-order chi connectivity index (χ1) is 12.3. The first-order valence-corrected chi connectivity index (χ1v) is 9.33. The second-order valence-electron chi connectivity index (χ2n) is 6.95. The zero-order chi connectivity index (χ0) is 17.5. The number of hydrogen-bond donors (Lipinski definition) is 1. The molecule has 0 unspecified atom stereocenters. The van der Waals surface area contributed by atoms with Crippen molar-refractivity contribution in [2.75, 3.05) is 46.3 Å². The Labute approximate surface area is 150 Å². The van der Waals surface area contributed by atoms with Crippen molar-refractivity contribution in [3.8, 4) is 6.07 Å². The normalized spacial score (nSPS) is 16.3. The second-order valence-corrected chi connectivity index (χ2v) is 6.95. The molecule has 0 atom stereocenters. The third-order valence-electron chi connectivity index (χ3n) is 5.07. The number of rotatable bonds is 8. The van der Waals surface area contributed by atoms with Crippen LogP contribution in [-0.4, -0.2) is 60.7 Å². The highest BCUT2D eigenvalue weighted by atomic mass is 15.2. The number of nitriles is 1. The molecule has 134 valence electrons. The van der Waals surface area contributed by atoms with Crippen molar-refractivity contribution in [2.45, 2.75) is 25.9 Å². The van der Waals surface area contributed by atoms with Gasteiger partial charge in [-0.25, -0.2) is 0 Å². The molecule has 2 aromatic rings. The van der Waals surface area contributed by atoms with Gasteiger partial charge in [0, 0.05) is 56.4 Å². The molecule has 5 heteroatoms. The summed E-state index contributed by atoms with van der Waals surface area (Å²) in [5.74, 6) is 0. The van der Waals surface area contributed by atoms with Crippen LogP contribution >= 0.6 is 0 Å². The number of piperazine rings is 1. The quantitative estimate of drug-likeness (QED) is 0.750. The molecular formula is C20H29N5. The van der Waals surface area contributed by atoms with Gasteiger partial charge >= 0.3 is 0 Å². The molecule has 1 aromatic heterocycles. The zero-order valence-electron chi connectivity index (χ0n) is 15.2. The summed E-state index contributed by atoms with van der Waals surface area (Å²) < 4.78 is 2.21. The standard InChI is InChI=1S/C20H29N5/c1-23-12-14-24(15-13-23)10-5-9-22-16-18-17-25(11-4-8-21)20-7-3-2-6-19(18)20/h2-3,6-7,17,22H,4-5,9-16H2,1H3. The van der Waals surface area contributed by atoms with Crippen LogP contribution in [0.15, 0.2) is 30.5 Å². The Balaban J connectivity index is 1.47. The second kappa shape index (κ2) is 9.00. The van der Waals surface area contributed by atoms with E-state index in [1.807, 2.05) is 0 Å². The van der Waals surface area contributed by atoms with Gasteiger partial charge in [-0.2, -0.15) is 5.26 Å². The molecular weight excluding hydrogens is 310 g/mol. The molecule has 5 nitrogen and oxygen atoms in total. The van der Waals surface area contributed by atoms with Crippen LogP contribution in [-0.2, 0) is 13.1 Å². The highest BCUT2D eigenvalue weighted by Crippen LogP contribution is 2.21. The summed E-state index contributed by atoms with van der Waals surface area (Å²) in [5, 5.41) is 13.7. The number of likely N-dealkylation sites (N-methyl/N-ethyl adjacent to an activating group) is 1. The topological polar surface area (TPSA) is 47.2 Å². The minimum Gasteiger partial charge on any atom is -0.346 e. The SMILES string of the molecule is CN1CCN(CCCNCc2cn(CCC#N)c3ccccc23)CC1. The Kier molecular flexibility index (Phi) is 6.46. The summed E-state index contributed by atoms with van der Waals surface area (Å²) in [5.41, 5.74) is 2.56. The minimum absolute atomic E-state index is 0.552. The number of hydrogen-bond acceptors (Lipinski definition) is 4. The van der Waals surface area contributed by atoms with E-state index in [2.05, 4.69) is 63.3 Å². The number of nitrogens with one attached hydrogen (secondary N) is 1. The Morgan fingerprint density at radius 3 is 2.72 bits per heavy atom. The Morgan fingerprint density at radius 2 is 1.92 bits per heavy atom. The van der Waals surface area contributed by atoms with Crippen LogP contribution in [0, 0.1) is 11.3 Å². The lowest BCUT2D eigenvalue weighted by Gasteiger charge is -2.32. The summed E-state index contributed by atoms with van der Waals surface area (Å²) in [6, 6.07) is 10.7. The number of para-hydroxylation sites is 1. The maximum Gasteiger partial charge on any atom is 0.0640 e. The van der Waals surface area contributed by atoms with Crippen LogP contribution in [0.4, 0.5) is 0 Å². The van der Waals surface area contributed by atoms with E-state index in [-0.39, 0.29) is 0 Å². The smallest absolute Gasteiger partial charge is 0.0640 e. The molecule has 1 aliphatic rings. The van der Waals surface area contributed by atoms with E-state index >= 15 is 0 Å². The van der Waals surface area contributed by atoms with Crippen molar-refractivity contribution < 1.29 is 0 Å². The van der Waals surface area contributed by atoms with Crippen molar-refractivity contribution in [1.82, 2.24) is 19.7 Å². The monoisotopic (exact) mass is 339 g/mol. The number of fused-ring (bicyclic) bond motifs is 1. The molecule has 25 heavy (non-hydrogen) atoms. The van der Waals surface area contributed by atoms with Gasteiger partial charge in [0.25, 0.3) is 0 Å². The van der Waals surface area contributed by atoms with Gasteiger partial charge in [-0.15, -0.1) is 0 Å². The van der Waals surface area contributed by atoms with E-state index in [0.29, 0.717) is 6.42 Å². The van der Waals surface area contributed by atoms with Crippen molar-refractivity contribution in [1.29, 1.82) is 5.26 Å². The van der Waals surface area contributed by atoms with Crippen LogP contribution in [0.1, 0.15) is 18.4 Å². The fraction of sp³-hybridized carbons (Fsp3) is 0.550. The van der Waals surface area contributed by atoms with Crippen molar-refractivity contribution in [3.63, 3.8) is 0 Å². The third-order valence-corrected chi connectivity index (χ3v) is 5.07. The highest BCUT2D eigenvalue weighted by molar-refractivity contribution is 5.83. The molecule has 1 N–H and O–H groups in total. The van der Waals surface area contributed by atoms with E-state index in [1.165, 1.54) is 55.6 Å². The maximum atomic E-state index is 8.85. The predicted octanol–water partition coefficient (Wildman–Crippen LogP) is 2.28. The predicted molar refractivity (Wildman–Crippen MR) is 102 cm³/mol. The molecule has 0 spiro atoms. The molecule has 1 aromatic carbocycles. The van der Waals surface area contributed by atoms with Crippen LogP contribution < -0.4 is 5.32 Å². The van der Waals surface area contributed by atoms with Crippen LogP contribution in [0.3, 0.4) is 0 Å². The maximum absolute atomic E-state index is 8.85. The first-order valence-electron chi connectivity index (χ1n) is 9.33. The van der Waals surface area contributed by atoms with E-state index in [9.17, 15) is 0 Å². The van der Waals surface area contributed by atoms with Gasteiger partial charge in [-0.05, 0) is 38.2 Å². The molecule has 0 aliphatic carbocycles. The van der Waals surface area contributed by atoms with E-state index in [4.69, 9.17) is 5.26 Å². The van der Waals surface area contributed by atoms with Gasteiger partial charge in [-0.1, -0.05) is 18.2 Å². The fourth-order valence-corrected chi connectivity index (χ4v) is 3.54. The summed E-state index contributed by atoms with van der Waals surface area (Å²) >= 11 is 0. The Hall–Kier alpha value is -1.87. The lowest BCUT2D eigenvalue weighted by atomic mass is 10.2. The highest BCUT2D eigenvalue weighted by Gasteiger charge is 2.12. The molecule has 1 aliphatic heterocycles. The first kappa shape index (κ1) is 17.9. The number of nitrogens with zero attached hydrogens (tertiary/aromatic N) is 4. The van der Waals surface area contributed by atoms with Gasteiger partial charge in [-0.3, -0.25) is 0 Å². The molecule has 1 fully saturated rings. The Bertz CT molecular complexity index is 706. The molecule has 3 rings (SSSR count). The van der Waals surface area contributed by atoms with E-state index in [0.717, 1.165) is 19.6 Å². The molecule has 2 heterocycles. The van der Waals surface area contributed by atoms with Gasteiger partial charge in [0.15, 0.2) is 0 Å². The van der Waals surface area contributed by atoms with Crippen LogP contribution in [0.2, 0.25) is 0 Å². The minimum atomic E-state index is 0.552.